The normalized spacial score (nSPS) is 12.7. The summed E-state index contributed by atoms with van der Waals surface area (Å²) in [6, 6.07) is 7.17. The van der Waals surface area contributed by atoms with Crippen LogP contribution in [-0.2, 0) is 6.61 Å². The molecule has 3 rings (SSSR count). The van der Waals surface area contributed by atoms with E-state index < -0.39 is 40.1 Å². The van der Waals surface area contributed by atoms with Gasteiger partial charge in [-0.25, -0.2) is 13.6 Å². The molecule has 0 spiro atoms. The van der Waals surface area contributed by atoms with Crippen LogP contribution >= 0.6 is 0 Å². The molecule has 0 aliphatic carbocycles. The molecule has 0 radical (unpaired) electrons. The Balaban J connectivity index is 2.09. The first kappa shape index (κ1) is 22.4. The maximum Gasteiger partial charge on any atom is 0.341 e. The second-order valence-corrected chi connectivity index (χ2v) is 8.35. The lowest BCUT2D eigenvalue weighted by Crippen LogP contribution is -2.30. The maximum absolute atomic E-state index is 13.8. The number of carboxylic acid groups (broad SMARTS) is 1. The van der Waals surface area contributed by atoms with Crippen LogP contribution < -0.4 is 10.2 Å². The van der Waals surface area contributed by atoms with Gasteiger partial charge in [-0.05, 0) is 35.7 Å². The fraction of sp³-hybridized carbons (Fsp3) is 0.304. The third-order valence-electron chi connectivity index (χ3n) is 5.15. The number of halogens is 2. The highest BCUT2D eigenvalue weighted by atomic mass is 19.1. The van der Waals surface area contributed by atoms with Crippen LogP contribution in [0.3, 0.4) is 0 Å². The molecule has 8 heteroatoms. The van der Waals surface area contributed by atoms with Crippen molar-refractivity contribution in [2.24, 2.45) is 5.41 Å². The number of hydrogen-bond donors (Lipinski definition) is 2. The number of carboxylic acids is 1. The summed E-state index contributed by atoms with van der Waals surface area (Å²) in [6.45, 7) is 5.22. The number of aromatic nitrogens is 1. The van der Waals surface area contributed by atoms with Gasteiger partial charge in [0.2, 0.25) is 5.43 Å². The monoisotopic (exact) mass is 431 g/mol. The fourth-order valence-corrected chi connectivity index (χ4v) is 3.41. The summed E-state index contributed by atoms with van der Waals surface area (Å²) in [5.41, 5.74) is -0.989. The van der Waals surface area contributed by atoms with Crippen molar-refractivity contribution in [3.05, 3.63) is 75.6 Å². The second-order valence-electron chi connectivity index (χ2n) is 8.35. The predicted molar refractivity (Wildman–Crippen MR) is 111 cm³/mol. The molecule has 0 aliphatic heterocycles. The highest BCUT2D eigenvalue weighted by molar-refractivity contribution is 5.93. The summed E-state index contributed by atoms with van der Waals surface area (Å²) in [5.74, 6) is -2.62. The fourth-order valence-electron chi connectivity index (χ4n) is 3.41. The van der Waals surface area contributed by atoms with E-state index in [9.17, 15) is 28.6 Å². The summed E-state index contributed by atoms with van der Waals surface area (Å²) in [5, 5.41) is 19.5. The molecule has 6 nitrogen and oxygen atoms in total. The predicted octanol–water partition coefficient (Wildman–Crippen LogP) is 4.14. The molecule has 0 saturated carbocycles. The number of nitrogens with zero attached hydrogens (tertiary/aromatic N) is 1. The van der Waals surface area contributed by atoms with E-state index in [2.05, 4.69) is 0 Å². The van der Waals surface area contributed by atoms with E-state index in [1.165, 1.54) is 18.3 Å². The second kappa shape index (κ2) is 8.47. The average Bonchev–Trinajstić information content (AvgIpc) is 2.68. The van der Waals surface area contributed by atoms with Crippen LogP contribution in [0.15, 0.2) is 47.4 Å². The van der Waals surface area contributed by atoms with E-state index in [0.29, 0.717) is 5.52 Å². The third kappa shape index (κ3) is 4.59. The topological polar surface area (TPSA) is 88.8 Å². The van der Waals surface area contributed by atoms with Crippen molar-refractivity contribution in [2.45, 2.75) is 33.4 Å². The molecule has 1 atom stereocenters. The van der Waals surface area contributed by atoms with Gasteiger partial charge in [-0.2, -0.15) is 0 Å². The van der Waals surface area contributed by atoms with E-state index in [1.807, 2.05) is 20.8 Å². The lowest BCUT2D eigenvalue weighted by Gasteiger charge is -2.32. The van der Waals surface area contributed by atoms with Gasteiger partial charge in [0, 0.05) is 17.8 Å². The smallest absolute Gasteiger partial charge is 0.341 e. The molecule has 3 aromatic rings. The van der Waals surface area contributed by atoms with Crippen LogP contribution in [0.1, 0.15) is 42.7 Å². The maximum atomic E-state index is 13.8. The van der Waals surface area contributed by atoms with Crippen molar-refractivity contribution in [1.82, 2.24) is 4.57 Å². The van der Waals surface area contributed by atoms with Crippen LogP contribution in [0.2, 0.25) is 0 Å². The molecule has 1 unspecified atom stereocenters. The van der Waals surface area contributed by atoms with E-state index in [0.717, 1.165) is 12.1 Å². The number of carbonyl (C=O) groups is 1. The Morgan fingerprint density at radius 1 is 1.16 bits per heavy atom. The molecule has 0 fully saturated rings. The van der Waals surface area contributed by atoms with Crippen LogP contribution in [0.5, 0.6) is 5.75 Å². The zero-order valence-electron chi connectivity index (χ0n) is 17.4. The minimum atomic E-state index is -1.38. The molecule has 0 amide bonds. The lowest BCUT2D eigenvalue weighted by molar-refractivity contribution is 0.0692. The first-order valence-electron chi connectivity index (χ1n) is 9.62. The largest absolute Gasteiger partial charge is 0.489 e. The molecule has 31 heavy (non-hydrogen) atoms. The summed E-state index contributed by atoms with van der Waals surface area (Å²) < 4.78 is 34.1. The van der Waals surface area contributed by atoms with Gasteiger partial charge >= 0.3 is 5.97 Å². The number of aromatic carboxylic acids is 1. The molecule has 164 valence electrons. The quantitative estimate of drug-likeness (QED) is 0.613. The lowest BCUT2D eigenvalue weighted by atomic mass is 9.86. The number of aliphatic hydroxyl groups excluding tert-OH is 1. The molecule has 0 bridgehead atoms. The van der Waals surface area contributed by atoms with E-state index in [4.69, 9.17) is 4.74 Å². The molecule has 1 aromatic heterocycles. The van der Waals surface area contributed by atoms with Gasteiger partial charge in [-0.1, -0.05) is 20.8 Å². The Kier molecular flexibility index (Phi) is 6.13. The number of fused-ring (bicyclic) bond motifs is 1. The molecule has 1 heterocycles. The van der Waals surface area contributed by atoms with Crippen LogP contribution in [0, 0.1) is 17.0 Å². The van der Waals surface area contributed by atoms with Crippen LogP contribution in [-0.4, -0.2) is 27.4 Å². The molecule has 2 aromatic carbocycles. The summed E-state index contributed by atoms with van der Waals surface area (Å²) in [6.07, 6.45) is 1.24. The molecular weight excluding hydrogens is 408 g/mol. The number of pyridine rings is 1. The Morgan fingerprint density at radius 2 is 1.87 bits per heavy atom. The standard InChI is InChI=1S/C23H23F2NO5/c1-23(2,3)20(11-27)26-10-17(22(29)30)21(28)16-9-15(6-7-19(16)26)31-12-13-4-5-14(24)8-18(13)25/h4-10,20,27H,11-12H2,1-3H3,(H,29,30). The zero-order chi connectivity index (χ0) is 22.9. The Labute approximate surface area is 177 Å². The molecule has 0 aliphatic rings. The molecular formula is C23H23F2NO5. The van der Waals surface area contributed by atoms with E-state index in [-0.39, 0.29) is 29.9 Å². The van der Waals surface area contributed by atoms with Crippen molar-refractivity contribution in [3.8, 4) is 5.75 Å². The van der Waals surface area contributed by atoms with Crippen molar-refractivity contribution >= 4 is 16.9 Å². The van der Waals surface area contributed by atoms with Crippen molar-refractivity contribution in [2.75, 3.05) is 6.61 Å². The Bertz CT molecular complexity index is 1200. The van der Waals surface area contributed by atoms with Gasteiger partial charge in [0.15, 0.2) is 0 Å². The Morgan fingerprint density at radius 3 is 2.45 bits per heavy atom. The molecule has 0 saturated heterocycles. The number of rotatable bonds is 6. The summed E-state index contributed by atoms with van der Waals surface area (Å²) in [4.78, 5) is 24.4. The van der Waals surface area contributed by atoms with Gasteiger partial charge in [-0.15, -0.1) is 0 Å². The highest BCUT2D eigenvalue weighted by Crippen LogP contribution is 2.33. The van der Waals surface area contributed by atoms with Gasteiger partial charge in [0.1, 0.15) is 29.6 Å². The number of benzene rings is 2. The average molecular weight is 431 g/mol. The number of hydrogen-bond acceptors (Lipinski definition) is 4. The van der Waals surface area contributed by atoms with E-state index >= 15 is 0 Å². The van der Waals surface area contributed by atoms with Gasteiger partial charge in [0.25, 0.3) is 0 Å². The first-order valence-corrected chi connectivity index (χ1v) is 9.62. The van der Waals surface area contributed by atoms with Gasteiger partial charge < -0.3 is 19.5 Å². The first-order chi connectivity index (χ1) is 14.5. The SMILES string of the molecule is CC(C)(C)C(CO)n1cc(C(=O)O)c(=O)c2cc(OCc3ccc(F)cc3F)ccc21. The summed E-state index contributed by atoms with van der Waals surface area (Å²) in [7, 11) is 0. The Hall–Kier alpha value is -3.26. The zero-order valence-corrected chi connectivity index (χ0v) is 17.4. The third-order valence-corrected chi connectivity index (χ3v) is 5.15. The number of ether oxygens (including phenoxy) is 1. The van der Waals surface area contributed by atoms with Gasteiger partial charge in [-0.3, -0.25) is 4.79 Å². The summed E-state index contributed by atoms with van der Waals surface area (Å²) >= 11 is 0. The van der Waals surface area contributed by atoms with Crippen molar-refractivity contribution < 1.29 is 28.5 Å². The highest BCUT2D eigenvalue weighted by Gasteiger charge is 2.28. The van der Waals surface area contributed by atoms with Crippen molar-refractivity contribution in [3.63, 3.8) is 0 Å². The number of aliphatic hydroxyl groups is 1. The van der Waals surface area contributed by atoms with Crippen molar-refractivity contribution in [1.29, 1.82) is 0 Å². The van der Waals surface area contributed by atoms with E-state index in [1.54, 1.807) is 16.7 Å². The molecule has 2 N–H and O–H groups in total. The van der Waals surface area contributed by atoms with Crippen LogP contribution in [0.4, 0.5) is 8.78 Å². The minimum absolute atomic E-state index is 0.0969. The van der Waals surface area contributed by atoms with Gasteiger partial charge in [0.05, 0.1) is 23.6 Å². The minimum Gasteiger partial charge on any atom is -0.489 e. The van der Waals surface area contributed by atoms with Crippen LogP contribution in [0.25, 0.3) is 10.9 Å².